The summed E-state index contributed by atoms with van der Waals surface area (Å²) in [7, 11) is 0. The molecule has 5 heteroatoms. The monoisotopic (exact) mass is 241 g/mol. The molecule has 0 fully saturated rings. The van der Waals surface area contributed by atoms with Gasteiger partial charge in [0.15, 0.2) is 4.34 Å². The standard InChI is InChI=1S/C7H9Cl2NS2/c1-5(2-8)3-11-7-10-6(9)4-12-7/h4-5H,2-3H2,1H3. The van der Waals surface area contributed by atoms with E-state index in [4.69, 9.17) is 23.2 Å². The van der Waals surface area contributed by atoms with Crippen LogP contribution in [0.2, 0.25) is 5.15 Å². The first kappa shape index (κ1) is 10.6. The van der Waals surface area contributed by atoms with Crippen molar-refractivity contribution >= 4 is 46.3 Å². The summed E-state index contributed by atoms with van der Waals surface area (Å²) in [5.74, 6) is 2.23. The number of hydrogen-bond acceptors (Lipinski definition) is 3. The van der Waals surface area contributed by atoms with Crippen molar-refractivity contribution in [1.82, 2.24) is 4.98 Å². The molecule has 0 aromatic carbocycles. The molecule has 0 aliphatic carbocycles. The third-order valence-electron chi connectivity index (χ3n) is 1.21. The Balaban J connectivity index is 2.33. The summed E-state index contributed by atoms with van der Waals surface area (Å²) in [5.41, 5.74) is 0. The lowest BCUT2D eigenvalue weighted by atomic mass is 10.3. The molecule has 1 aromatic rings. The van der Waals surface area contributed by atoms with Crippen molar-refractivity contribution in [1.29, 1.82) is 0 Å². The summed E-state index contributed by atoms with van der Waals surface area (Å²) in [6, 6.07) is 0. The lowest BCUT2D eigenvalue weighted by Gasteiger charge is -2.03. The SMILES string of the molecule is CC(CCl)CSc1nc(Cl)cs1. The number of rotatable bonds is 4. The molecule has 0 radical (unpaired) electrons. The van der Waals surface area contributed by atoms with Crippen LogP contribution < -0.4 is 0 Å². The number of nitrogens with zero attached hydrogens (tertiary/aromatic N) is 1. The minimum atomic E-state index is 0.527. The Kier molecular flexibility index (Phi) is 4.72. The van der Waals surface area contributed by atoms with Crippen LogP contribution in [0.3, 0.4) is 0 Å². The summed E-state index contributed by atoms with van der Waals surface area (Å²) in [6.45, 7) is 2.12. The number of halogens is 2. The maximum absolute atomic E-state index is 5.67. The van der Waals surface area contributed by atoms with Crippen LogP contribution in [-0.4, -0.2) is 16.6 Å². The zero-order valence-corrected chi connectivity index (χ0v) is 9.73. The normalized spacial score (nSPS) is 13.2. The molecule has 68 valence electrons. The van der Waals surface area contributed by atoms with Crippen LogP contribution in [0.4, 0.5) is 0 Å². The molecule has 12 heavy (non-hydrogen) atoms. The molecule has 0 bridgehead atoms. The number of aromatic nitrogens is 1. The van der Waals surface area contributed by atoms with E-state index in [0.717, 1.165) is 10.1 Å². The Labute approximate surface area is 90.5 Å². The first-order valence-electron chi connectivity index (χ1n) is 3.52. The van der Waals surface area contributed by atoms with Gasteiger partial charge in [-0.05, 0) is 5.92 Å². The largest absolute Gasteiger partial charge is 0.218 e. The molecule has 0 saturated carbocycles. The zero-order valence-electron chi connectivity index (χ0n) is 6.59. The molecular formula is C7H9Cl2NS2. The van der Waals surface area contributed by atoms with Crippen molar-refractivity contribution in [2.75, 3.05) is 11.6 Å². The van der Waals surface area contributed by atoms with E-state index in [2.05, 4.69) is 11.9 Å². The van der Waals surface area contributed by atoms with E-state index in [1.54, 1.807) is 23.1 Å². The van der Waals surface area contributed by atoms with Gasteiger partial charge in [-0.25, -0.2) is 4.98 Å². The van der Waals surface area contributed by atoms with Gasteiger partial charge in [0.05, 0.1) is 0 Å². The van der Waals surface area contributed by atoms with Crippen LogP contribution in [-0.2, 0) is 0 Å². The minimum Gasteiger partial charge on any atom is -0.218 e. The predicted molar refractivity (Wildman–Crippen MR) is 57.7 cm³/mol. The summed E-state index contributed by atoms with van der Waals surface area (Å²) in [6.07, 6.45) is 0. The molecular weight excluding hydrogens is 233 g/mol. The highest BCUT2D eigenvalue weighted by Gasteiger charge is 2.04. The molecule has 0 saturated heterocycles. The molecule has 1 atom stereocenters. The van der Waals surface area contributed by atoms with Crippen molar-refractivity contribution in [3.8, 4) is 0 Å². The average molecular weight is 242 g/mol. The topological polar surface area (TPSA) is 12.9 Å². The number of hydrogen-bond donors (Lipinski definition) is 0. The fraction of sp³-hybridized carbons (Fsp3) is 0.571. The highest BCUT2D eigenvalue weighted by Crippen LogP contribution is 2.26. The molecule has 0 aliphatic rings. The zero-order chi connectivity index (χ0) is 8.97. The maximum atomic E-state index is 5.67. The quantitative estimate of drug-likeness (QED) is 0.589. The summed E-state index contributed by atoms with van der Waals surface area (Å²) in [5, 5.41) is 2.43. The Morgan fingerprint density at radius 2 is 2.50 bits per heavy atom. The number of thiazole rings is 1. The van der Waals surface area contributed by atoms with Gasteiger partial charge in [0.1, 0.15) is 5.15 Å². The van der Waals surface area contributed by atoms with Gasteiger partial charge in [0, 0.05) is 17.0 Å². The molecule has 1 unspecified atom stereocenters. The minimum absolute atomic E-state index is 0.527. The van der Waals surface area contributed by atoms with E-state index in [-0.39, 0.29) is 0 Å². The highest BCUT2D eigenvalue weighted by atomic mass is 35.5. The van der Waals surface area contributed by atoms with Gasteiger partial charge in [-0.15, -0.1) is 22.9 Å². The van der Waals surface area contributed by atoms with Gasteiger partial charge in [-0.2, -0.15) is 0 Å². The summed E-state index contributed by atoms with van der Waals surface area (Å²) >= 11 is 14.6. The van der Waals surface area contributed by atoms with E-state index in [1.165, 1.54) is 0 Å². The van der Waals surface area contributed by atoms with Crippen molar-refractivity contribution in [2.45, 2.75) is 11.3 Å². The third kappa shape index (κ3) is 3.52. The molecule has 0 aliphatic heterocycles. The molecule has 0 spiro atoms. The van der Waals surface area contributed by atoms with E-state index in [9.17, 15) is 0 Å². The molecule has 1 nitrogen and oxygen atoms in total. The molecule has 1 aromatic heterocycles. The van der Waals surface area contributed by atoms with Gasteiger partial charge >= 0.3 is 0 Å². The van der Waals surface area contributed by atoms with E-state index in [1.807, 2.05) is 5.38 Å². The van der Waals surface area contributed by atoms with Crippen LogP contribution in [0.1, 0.15) is 6.92 Å². The van der Waals surface area contributed by atoms with E-state index < -0.39 is 0 Å². The van der Waals surface area contributed by atoms with Crippen LogP contribution in [0.5, 0.6) is 0 Å². The Morgan fingerprint density at radius 3 is 3.00 bits per heavy atom. The Hall–Kier alpha value is 0.560. The molecule has 1 heterocycles. The number of alkyl halides is 1. The van der Waals surface area contributed by atoms with Crippen molar-refractivity contribution in [3.05, 3.63) is 10.5 Å². The highest BCUT2D eigenvalue weighted by molar-refractivity contribution is 8.01. The van der Waals surface area contributed by atoms with Crippen molar-refractivity contribution < 1.29 is 0 Å². The van der Waals surface area contributed by atoms with Crippen LogP contribution in [0.25, 0.3) is 0 Å². The number of thioether (sulfide) groups is 1. The third-order valence-corrected chi connectivity index (χ3v) is 4.41. The van der Waals surface area contributed by atoms with E-state index >= 15 is 0 Å². The summed E-state index contributed by atoms with van der Waals surface area (Å²) < 4.78 is 1.02. The van der Waals surface area contributed by atoms with Crippen LogP contribution >= 0.6 is 46.3 Å². The first-order valence-corrected chi connectivity index (χ1v) is 6.30. The van der Waals surface area contributed by atoms with Crippen molar-refractivity contribution in [2.24, 2.45) is 5.92 Å². The Morgan fingerprint density at radius 1 is 1.75 bits per heavy atom. The van der Waals surface area contributed by atoms with Gasteiger partial charge in [-0.1, -0.05) is 30.3 Å². The first-order chi connectivity index (χ1) is 5.72. The second-order valence-corrected chi connectivity index (χ2v) is 5.33. The van der Waals surface area contributed by atoms with Crippen molar-refractivity contribution in [3.63, 3.8) is 0 Å². The maximum Gasteiger partial charge on any atom is 0.151 e. The smallest absolute Gasteiger partial charge is 0.151 e. The lowest BCUT2D eigenvalue weighted by molar-refractivity contribution is 0.759. The Bertz CT molecular complexity index is 239. The molecule has 0 amide bonds. The van der Waals surface area contributed by atoms with Gasteiger partial charge in [-0.3, -0.25) is 0 Å². The molecule has 0 N–H and O–H groups in total. The second-order valence-electron chi connectivity index (χ2n) is 2.51. The fourth-order valence-electron chi connectivity index (χ4n) is 0.563. The molecule has 1 rings (SSSR count). The average Bonchev–Trinajstić information content (AvgIpc) is 2.47. The predicted octanol–water partition coefficient (Wildman–Crippen LogP) is 3.76. The van der Waals surface area contributed by atoms with Gasteiger partial charge in [0.2, 0.25) is 0 Å². The second kappa shape index (κ2) is 5.32. The van der Waals surface area contributed by atoms with Crippen LogP contribution in [0.15, 0.2) is 9.72 Å². The summed E-state index contributed by atoms with van der Waals surface area (Å²) in [4.78, 5) is 4.12. The lowest BCUT2D eigenvalue weighted by Crippen LogP contribution is -1.98. The van der Waals surface area contributed by atoms with E-state index in [0.29, 0.717) is 17.0 Å². The van der Waals surface area contributed by atoms with Crippen LogP contribution in [0, 0.1) is 5.92 Å². The van der Waals surface area contributed by atoms with Gasteiger partial charge < -0.3 is 0 Å². The van der Waals surface area contributed by atoms with Gasteiger partial charge in [0.25, 0.3) is 0 Å². The fourth-order valence-corrected chi connectivity index (χ4v) is 2.85.